The number of aliphatic hydroxyl groups is 1. The summed E-state index contributed by atoms with van der Waals surface area (Å²) in [7, 11) is 0. The lowest BCUT2D eigenvalue weighted by atomic mass is 9.97. The van der Waals surface area contributed by atoms with Gasteiger partial charge in [-0.15, -0.1) is 0 Å². The summed E-state index contributed by atoms with van der Waals surface area (Å²) in [6.07, 6.45) is 3.15. The molecule has 3 nitrogen and oxygen atoms in total. The van der Waals surface area contributed by atoms with Crippen molar-refractivity contribution in [2.24, 2.45) is 11.7 Å². The number of ether oxygens (including phenoxy) is 1. The van der Waals surface area contributed by atoms with Gasteiger partial charge in [-0.3, -0.25) is 0 Å². The zero-order valence-corrected chi connectivity index (χ0v) is 10.4. The van der Waals surface area contributed by atoms with Crippen molar-refractivity contribution < 1.29 is 9.84 Å². The Balaban J connectivity index is 2.01. The minimum Gasteiger partial charge on any atom is -0.491 e. The van der Waals surface area contributed by atoms with Crippen molar-refractivity contribution in [3.8, 4) is 5.75 Å². The highest BCUT2D eigenvalue weighted by molar-refractivity contribution is 5.33. The number of nitrogens with two attached hydrogens (primary N) is 1. The van der Waals surface area contributed by atoms with Gasteiger partial charge in [0, 0.05) is 0 Å². The standard InChI is InChI=1S/C14H21NO2/c1-2-11-5-3-4-6-13(11)17-10-14(15,9-16)12-7-8-12/h3-6,12,16H,2,7-10,15H2,1H3. The van der Waals surface area contributed by atoms with E-state index in [0.717, 1.165) is 25.0 Å². The molecule has 0 spiro atoms. The van der Waals surface area contributed by atoms with E-state index < -0.39 is 5.54 Å². The Hall–Kier alpha value is -1.06. The molecular formula is C14H21NO2. The molecule has 1 aromatic carbocycles. The lowest BCUT2D eigenvalue weighted by molar-refractivity contribution is 0.116. The van der Waals surface area contributed by atoms with Gasteiger partial charge in [0.05, 0.1) is 12.1 Å². The fraction of sp³-hybridized carbons (Fsp3) is 0.571. The Morgan fingerprint density at radius 3 is 2.71 bits per heavy atom. The molecule has 1 fully saturated rings. The first-order valence-electron chi connectivity index (χ1n) is 6.30. The van der Waals surface area contributed by atoms with Crippen molar-refractivity contribution in [3.05, 3.63) is 29.8 Å². The predicted octanol–water partition coefficient (Wildman–Crippen LogP) is 1.73. The Morgan fingerprint density at radius 2 is 2.12 bits per heavy atom. The first-order chi connectivity index (χ1) is 8.19. The second-order valence-corrected chi connectivity index (χ2v) is 4.92. The normalized spacial score (nSPS) is 18.8. The van der Waals surface area contributed by atoms with Gasteiger partial charge in [-0.2, -0.15) is 0 Å². The van der Waals surface area contributed by atoms with Gasteiger partial charge in [-0.05, 0) is 36.8 Å². The SMILES string of the molecule is CCc1ccccc1OCC(N)(CO)C1CC1. The van der Waals surface area contributed by atoms with Gasteiger partial charge in [0.15, 0.2) is 0 Å². The number of rotatable bonds is 6. The molecular weight excluding hydrogens is 214 g/mol. The molecule has 0 aromatic heterocycles. The van der Waals surface area contributed by atoms with E-state index in [1.807, 2.05) is 18.2 Å². The van der Waals surface area contributed by atoms with Gasteiger partial charge in [0.25, 0.3) is 0 Å². The number of hydrogen-bond acceptors (Lipinski definition) is 3. The van der Waals surface area contributed by atoms with E-state index in [4.69, 9.17) is 10.5 Å². The third-order valence-electron chi connectivity index (χ3n) is 3.53. The van der Waals surface area contributed by atoms with E-state index in [1.54, 1.807) is 0 Å². The van der Waals surface area contributed by atoms with Crippen LogP contribution in [0.2, 0.25) is 0 Å². The smallest absolute Gasteiger partial charge is 0.122 e. The van der Waals surface area contributed by atoms with E-state index >= 15 is 0 Å². The number of hydrogen-bond donors (Lipinski definition) is 2. The molecule has 0 aliphatic heterocycles. The summed E-state index contributed by atoms with van der Waals surface area (Å²) in [6.45, 7) is 2.49. The van der Waals surface area contributed by atoms with Crippen molar-refractivity contribution in [1.29, 1.82) is 0 Å². The fourth-order valence-corrected chi connectivity index (χ4v) is 2.10. The lowest BCUT2D eigenvalue weighted by Crippen LogP contribution is -2.51. The number of benzene rings is 1. The third-order valence-corrected chi connectivity index (χ3v) is 3.53. The highest BCUT2D eigenvalue weighted by atomic mass is 16.5. The maximum Gasteiger partial charge on any atom is 0.122 e. The molecule has 1 saturated carbocycles. The zero-order chi connectivity index (χ0) is 12.3. The zero-order valence-electron chi connectivity index (χ0n) is 10.4. The number of aryl methyl sites for hydroxylation is 1. The molecule has 1 aromatic rings. The van der Waals surface area contributed by atoms with Crippen LogP contribution in [0, 0.1) is 5.92 Å². The molecule has 2 rings (SSSR count). The summed E-state index contributed by atoms with van der Waals surface area (Å²) >= 11 is 0. The largest absolute Gasteiger partial charge is 0.491 e. The highest BCUT2D eigenvalue weighted by Crippen LogP contribution is 2.38. The summed E-state index contributed by atoms with van der Waals surface area (Å²) in [5, 5.41) is 9.40. The van der Waals surface area contributed by atoms with E-state index in [1.165, 1.54) is 5.56 Å². The molecule has 0 radical (unpaired) electrons. The molecule has 1 atom stereocenters. The maximum absolute atomic E-state index is 9.40. The topological polar surface area (TPSA) is 55.5 Å². The molecule has 1 aliphatic rings. The van der Waals surface area contributed by atoms with Crippen LogP contribution in [0.1, 0.15) is 25.3 Å². The van der Waals surface area contributed by atoms with E-state index in [-0.39, 0.29) is 6.61 Å². The van der Waals surface area contributed by atoms with Crippen molar-refractivity contribution in [1.82, 2.24) is 0 Å². The minimum atomic E-state index is -0.569. The molecule has 3 heteroatoms. The van der Waals surface area contributed by atoms with Crippen LogP contribution >= 0.6 is 0 Å². The lowest BCUT2D eigenvalue weighted by Gasteiger charge is -2.27. The van der Waals surface area contributed by atoms with Crippen LogP contribution in [0.3, 0.4) is 0 Å². The first-order valence-corrected chi connectivity index (χ1v) is 6.30. The highest BCUT2D eigenvalue weighted by Gasteiger charge is 2.42. The van der Waals surface area contributed by atoms with Crippen molar-refractivity contribution in [2.75, 3.05) is 13.2 Å². The van der Waals surface area contributed by atoms with Crippen LogP contribution in [-0.2, 0) is 6.42 Å². The molecule has 0 heterocycles. The number of para-hydroxylation sites is 1. The Bertz CT molecular complexity index is 376. The molecule has 17 heavy (non-hydrogen) atoms. The molecule has 3 N–H and O–H groups in total. The third kappa shape index (κ3) is 2.79. The van der Waals surface area contributed by atoms with Gasteiger partial charge >= 0.3 is 0 Å². The van der Waals surface area contributed by atoms with Gasteiger partial charge in [0.2, 0.25) is 0 Å². The Kier molecular flexibility index (Phi) is 3.69. The second-order valence-electron chi connectivity index (χ2n) is 4.92. The van der Waals surface area contributed by atoms with E-state index in [0.29, 0.717) is 12.5 Å². The summed E-state index contributed by atoms with van der Waals surface area (Å²) in [5.74, 6) is 1.31. The van der Waals surface area contributed by atoms with Crippen LogP contribution in [0.4, 0.5) is 0 Å². The summed E-state index contributed by atoms with van der Waals surface area (Å²) in [5.41, 5.74) is 6.78. The average Bonchev–Trinajstić information content (AvgIpc) is 3.21. The quantitative estimate of drug-likeness (QED) is 0.789. The molecule has 94 valence electrons. The second kappa shape index (κ2) is 5.07. The van der Waals surface area contributed by atoms with Gasteiger partial charge in [-0.25, -0.2) is 0 Å². The van der Waals surface area contributed by atoms with Crippen LogP contribution in [0.15, 0.2) is 24.3 Å². The Morgan fingerprint density at radius 1 is 1.41 bits per heavy atom. The molecule has 1 aliphatic carbocycles. The van der Waals surface area contributed by atoms with Gasteiger partial charge < -0.3 is 15.6 Å². The average molecular weight is 235 g/mol. The maximum atomic E-state index is 9.40. The minimum absolute atomic E-state index is 0.00798. The monoisotopic (exact) mass is 235 g/mol. The van der Waals surface area contributed by atoms with Crippen molar-refractivity contribution in [2.45, 2.75) is 31.7 Å². The van der Waals surface area contributed by atoms with Crippen molar-refractivity contribution >= 4 is 0 Å². The first kappa shape index (κ1) is 12.4. The summed E-state index contributed by atoms with van der Waals surface area (Å²) < 4.78 is 5.80. The van der Waals surface area contributed by atoms with Gasteiger partial charge in [0.1, 0.15) is 12.4 Å². The van der Waals surface area contributed by atoms with Crippen molar-refractivity contribution in [3.63, 3.8) is 0 Å². The van der Waals surface area contributed by atoms with Gasteiger partial charge in [-0.1, -0.05) is 25.1 Å². The van der Waals surface area contributed by atoms with Crippen LogP contribution in [0.25, 0.3) is 0 Å². The van der Waals surface area contributed by atoms with Crippen LogP contribution < -0.4 is 10.5 Å². The fourth-order valence-electron chi connectivity index (χ4n) is 2.10. The van der Waals surface area contributed by atoms with Crippen LogP contribution in [-0.4, -0.2) is 23.9 Å². The summed E-state index contributed by atoms with van der Waals surface area (Å²) in [6, 6.07) is 7.99. The summed E-state index contributed by atoms with van der Waals surface area (Å²) in [4.78, 5) is 0. The molecule has 0 bridgehead atoms. The van der Waals surface area contributed by atoms with E-state index in [9.17, 15) is 5.11 Å². The Labute approximate surface area is 103 Å². The predicted molar refractivity (Wildman–Crippen MR) is 68.0 cm³/mol. The molecule has 0 amide bonds. The van der Waals surface area contributed by atoms with E-state index in [2.05, 4.69) is 13.0 Å². The molecule has 1 unspecified atom stereocenters. The van der Waals surface area contributed by atoms with Crippen LogP contribution in [0.5, 0.6) is 5.75 Å². The number of aliphatic hydroxyl groups excluding tert-OH is 1. The molecule has 0 saturated heterocycles.